The third-order valence-electron chi connectivity index (χ3n) is 1.35. The molecule has 0 aromatic heterocycles. The first-order valence-electron chi connectivity index (χ1n) is 2.86. The molecule has 1 heterocycles. The third kappa shape index (κ3) is 1.59. The highest BCUT2D eigenvalue weighted by Gasteiger charge is 2.26. The molecule has 1 amide bonds. The van der Waals surface area contributed by atoms with E-state index in [4.69, 9.17) is 11.5 Å². The lowest BCUT2D eigenvalue weighted by atomic mass is 10.2. The van der Waals surface area contributed by atoms with E-state index in [0.717, 1.165) is 12.2 Å². The fraction of sp³-hybridized carbons (Fsp3) is 0.800. The molecule has 0 radical (unpaired) electrons. The molecule has 1 aliphatic rings. The smallest absolute Gasteiger partial charge is 0.230 e. The number of carbonyl (C=O) groups excluding carboxylic acids is 1. The zero-order valence-electron chi connectivity index (χ0n) is 5.04. The summed E-state index contributed by atoms with van der Waals surface area (Å²) in [5.41, 5.74) is 10.6. The van der Waals surface area contributed by atoms with Gasteiger partial charge in [0, 0.05) is 11.8 Å². The lowest BCUT2D eigenvalue weighted by Gasteiger charge is -2.00. The van der Waals surface area contributed by atoms with E-state index in [-0.39, 0.29) is 17.2 Å². The van der Waals surface area contributed by atoms with E-state index in [1.54, 1.807) is 11.8 Å². The van der Waals surface area contributed by atoms with Crippen LogP contribution in [0, 0.1) is 0 Å². The van der Waals surface area contributed by atoms with Crippen LogP contribution in [0.1, 0.15) is 6.42 Å². The van der Waals surface area contributed by atoms with E-state index in [1.165, 1.54) is 0 Å². The quantitative estimate of drug-likeness (QED) is 0.514. The van der Waals surface area contributed by atoms with Gasteiger partial charge in [0.25, 0.3) is 0 Å². The minimum atomic E-state index is -0.229. The number of rotatable bonds is 1. The summed E-state index contributed by atoms with van der Waals surface area (Å²) < 4.78 is 0. The summed E-state index contributed by atoms with van der Waals surface area (Å²) >= 11 is 1.56. The van der Waals surface area contributed by atoms with Gasteiger partial charge in [-0.1, -0.05) is 0 Å². The van der Waals surface area contributed by atoms with Crippen LogP contribution in [0.5, 0.6) is 0 Å². The maximum Gasteiger partial charge on any atom is 0.230 e. The van der Waals surface area contributed by atoms with Crippen LogP contribution < -0.4 is 11.5 Å². The van der Waals surface area contributed by atoms with E-state index >= 15 is 0 Å². The zero-order chi connectivity index (χ0) is 6.85. The highest BCUT2D eigenvalue weighted by molar-refractivity contribution is 8.00. The Labute approximate surface area is 58.2 Å². The molecule has 1 aliphatic heterocycles. The molecule has 52 valence electrons. The van der Waals surface area contributed by atoms with Crippen molar-refractivity contribution >= 4 is 17.7 Å². The first-order chi connectivity index (χ1) is 4.20. The van der Waals surface area contributed by atoms with Crippen LogP contribution in [0.2, 0.25) is 0 Å². The van der Waals surface area contributed by atoms with Crippen molar-refractivity contribution in [3.63, 3.8) is 0 Å². The summed E-state index contributed by atoms with van der Waals surface area (Å²) in [6.07, 6.45) is 0.750. The Morgan fingerprint density at radius 3 is 2.56 bits per heavy atom. The van der Waals surface area contributed by atoms with Crippen LogP contribution in [0.25, 0.3) is 0 Å². The van der Waals surface area contributed by atoms with Crippen LogP contribution in [0.4, 0.5) is 0 Å². The van der Waals surface area contributed by atoms with Gasteiger partial charge in [0.2, 0.25) is 5.91 Å². The monoisotopic (exact) mass is 146 g/mol. The number of hydrogen-bond acceptors (Lipinski definition) is 3. The van der Waals surface area contributed by atoms with Gasteiger partial charge in [-0.3, -0.25) is 4.79 Å². The molecule has 0 aliphatic carbocycles. The van der Waals surface area contributed by atoms with Gasteiger partial charge in [-0.15, -0.1) is 11.8 Å². The standard InChI is InChI=1S/C5H10N2OS/c6-3-1-4(5(7)8)9-2-3/h3-4H,1-2,6H2,(H2,7,8). The number of amides is 1. The topological polar surface area (TPSA) is 69.1 Å². The third-order valence-corrected chi connectivity index (χ3v) is 2.79. The summed E-state index contributed by atoms with van der Waals surface area (Å²) in [5, 5.41) is -0.0278. The molecule has 0 saturated carbocycles. The molecule has 0 bridgehead atoms. The lowest BCUT2D eigenvalue weighted by molar-refractivity contribution is -0.117. The van der Waals surface area contributed by atoms with Gasteiger partial charge in [0.15, 0.2) is 0 Å². The fourth-order valence-corrected chi connectivity index (χ4v) is 2.01. The van der Waals surface area contributed by atoms with E-state index in [2.05, 4.69) is 0 Å². The van der Waals surface area contributed by atoms with Gasteiger partial charge in [0.05, 0.1) is 5.25 Å². The van der Waals surface area contributed by atoms with Crippen molar-refractivity contribution in [1.29, 1.82) is 0 Å². The summed E-state index contributed by atoms with van der Waals surface area (Å²) in [5.74, 6) is 0.640. The SMILES string of the molecule is NC(=O)C1CC(N)CS1. The predicted octanol–water partition coefficient (Wildman–Crippen LogP) is -0.696. The van der Waals surface area contributed by atoms with Crippen molar-refractivity contribution in [2.45, 2.75) is 17.7 Å². The average Bonchev–Trinajstić information content (AvgIpc) is 2.14. The van der Waals surface area contributed by atoms with E-state index < -0.39 is 0 Å². The molecule has 1 rings (SSSR count). The summed E-state index contributed by atoms with van der Waals surface area (Å²) in [7, 11) is 0. The lowest BCUT2D eigenvalue weighted by Crippen LogP contribution is -2.26. The second-order valence-electron chi connectivity index (χ2n) is 2.22. The molecule has 4 N–H and O–H groups in total. The van der Waals surface area contributed by atoms with Gasteiger partial charge in [-0.2, -0.15) is 0 Å². The first-order valence-corrected chi connectivity index (χ1v) is 3.91. The summed E-state index contributed by atoms with van der Waals surface area (Å²) in [6, 6.07) is 0.174. The number of carbonyl (C=O) groups is 1. The molecule has 4 heteroatoms. The highest BCUT2D eigenvalue weighted by atomic mass is 32.2. The van der Waals surface area contributed by atoms with Crippen molar-refractivity contribution in [1.82, 2.24) is 0 Å². The van der Waals surface area contributed by atoms with Gasteiger partial charge in [-0.05, 0) is 6.42 Å². The molecule has 2 atom stereocenters. The number of thioether (sulfide) groups is 1. The van der Waals surface area contributed by atoms with E-state index in [1.807, 2.05) is 0 Å². The minimum Gasteiger partial charge on any atom is -0.369 e. The molecule has 3 nitrogen and oxygen atoms in total. The van der Waals surface area contributed by atoms with Crippen molar-refractivity contribution in [3.05, 3.63) is 0 Å². The number of hydrogen-bond donors (Lipinski definition) is 2. The molecular formula is C5H10N2OS. The van der Waals surface area contributed by atoms with Crippen LogP contribution in [-0.4, -0.2) is 23.0 Å². The summed E-state index contributed by atoms with van der Waals surface area (Å²) in [4.78, 5) is 10.5. The van der Waals surface area contributed by atoms with E-state index in [0.29, 0.717) is 0 Å². The van der Waals surface area contributed by atoms with Crippen molar-refractivity contribution in [2.24, 2.45) is 11.5 Å². The normalized spacial score (nSPS) is 34.8. The highest BCUT2D eigenvalue weighted by Crippen LogP contribution is 2.24. The Morgan fingerprint density at radius 2 is 2.33 bits per heavy atom. The van der Waals surface area contributed by atoms with E-state index in [9.17, 15) is 4.79 Å². The second kappa shape index (κ2) is 2.58. The van der Waals surface area contributed by atoms with Crippen molar-refractivity contribution < 1.29 is 4.79 Å². The van der Waals surface area contributed by atoms with Gasteiger partial charge < -0.3 is 11.5 Å². The Balaban J connectivity index is 2.39. The molecule has 1 fully saturated rings. The predicted molar refractivity (Wildman–Crippen MR) is 38.0 cm³/mol. The maximum atomic E-state index is 10.5. The zero-order valence-corrected chi connectivity index (χ0v) is 5.86. The maximum absolute atomic E-state index is 10.5. The molecule has 0 aromatic rings. The van der Waals surface area contributed by atoms with Crippen LogP contribution >= 0.6 is 11.8 Å². The Bertz CT molecular complexity index is 128. The van der Waals surface area contributed by atoms with Crippen molar-refractivity contribution in [3.8, 4) is 0 Å². The van der Waals surface area contributed by atoms with Crippen LogP contribution in [0.3, 0.4) is 0 Å². The molecule has 1 saturated heterocycles. The Hall–Kier alpha value is -0.220. The summed E-state index contributed by atoms with van der Waals surface area (Å²) in [6.45, 7) is 0. The largest absolute Gasteiger partial charge is 0.369 e. The van der Waals surface area contributed by atoms with Crippen molar-refractivity contribution in [2.75, 3.05) is 5.75 Å². The first kappa shape index (κ1) is 6.89. The van der Waals surface area contributed by atoms with Gasteiger partial charge in [0.1, 0.15) is 0 Å². The Morgan fingerprint density at radius 1 is 1.67 bits per heavy atom. The molecule has 0 spiro atoms. The minimum absolute atomic E-state index is 0.0278. The molecule has 0 aromatic carbocycles. The number of nitrogens with two attached hydrogens (primary N) is 2. The van der Waals surface area contributed by atoms with Gasteiger partial charge >= 0.3 is 0 Å². The fourth-order valence-electron chi connectivity index (χ4n) is 0.849. The van der Waals surface area contributed by atoms with Crippen LogP contribution in [0.15, 0.2) is 0 Å². The average molecular weight is 146 g/mol. The molecular weight excluding hydrogens is 136 g/mol. The molecule has 9 heavy (non-hydrogen) atoms. The number of primary amides is 1. The molecule has 2 unspecified atom stereocenters. The second-order valence-corrected chi connectivity index (χ2v) is 3.46. The Kier molecular flexibility index (Phi) is 1.97. The van der Waals surface area contributed by atoms with Gasteiger partial charge in [-0.25, -0.2) is 0 Å². The van der Waals surface area contributed by atoms with Crippen LogP contribution in [-0.2, 0) is 4.79 Å².